The average molecular weight is 326 g/mol. The van der Waals surface area contributed by atoms with Crippen molar-refractivity contribution in [3.05, 3.63) is 35.4 Å². The van der Waals surface area contributed by atoms with Crippen molar-refractivity contribution < 1.29 is 8.42 Å². The molecule has 0 aliphatic heterocycles. The first kappa shape index (κ1) is 16.4. The van der Waals surface area contributed by atoms with E-state index in [0.29, 0.717) is 23.6 Å². The molecule has 1 aromatic rings. The highest BCUT2D eigenvalue weighted by Gasteiger charge is 2.37. The van der Waals surface area contributed by atoms with Crippen LogP contribution in [0.5, 0.6) is 0 Å². The van der Waals surface area contributed by atoms with Crippen molar-refractivity contribution in [2.24, 2.45) is 11.7 Å². The Morgan fingerprint density at radius 3 is 2.52 bits per heavy atom. The van der Waals surface area contributed by atoms with E-state index >= 15 is 0 Å². The van der Waals surface area contributed by atoms with Crippen molar-refractivity contribution in [3.8, 4) is 0 Å². The van der Waals surface area contributed by atoms with Crippen molar-refractivity contribution in [2.75, 3.05) is 6.54 Å². The van der Waals surface area contributed by atoms with E-state index in [1.165, 1.54) is 0 Å². The summed E-state index contributed by atoms with van der Waals surface area (Å²) in [6.45, 7) is 4.64. The summed E-state index contributed by atoms with van der Waals surface area (Å²) in [6.07, 6.45) is 1.92. The number of thiocarbonyl (C=S) groups is 1. The Morgan fingerprint density at radius 1 is 1.38 bits per heavy atom. The fraction of sp³-hybridized carbons (Fsp3) is 0.533. The number of rotatable bonds is 7. The lowest BCUT2D eigenvalue weighted by Gasteiger charge is -2.24. The summed E-state index contributed by atoms with van der Waals surface area (Å²) < 4.78 is 27.1. The summed E-state index contributed by atoms with van der Waals surface area (Å²) in [4.78, 5) is 0.239. The van der Waals surface area contributed by atoms with Gasteiger partial charge in [0, 0.05) is 18.2 Å². The van der Waals surface area contributed by atoms with Crippen molar-refractivity contribution in [1.82, 2.24) is 4.31 Å². The van der Waals surface area contributed by atoms with Crippen LogP contribution in [0.15, 0.2) is 24.3 Å². The van der Waals surface area contributed by atoms with Crippen LogP contribution < -0.4 is 5.73 Å². The summed E-state index contributed by atoms with van der Waals surface area (Å²) >= 11 is 5.01. The van der Waals surface area contributed by atoms with Gasteiger partial charge in [-0.05, 0) is 24.3 Å². The minimum Gasteiger partial charge on any atom is -0.389 e. The maximum atomic E-state index is 12.7. The molecule has 0 spiro atoms. The molecule has 0 aromatic heterocycles. The lowest BCUT2D eigenvalue weighted by molar-refractivity contribution is 0.359. The first-order valence-corrected chi connectivity index (χ1v) is 9.20. The topological polar surface area (TPSA) is 63.4 Å². The maximum Gasteiger partial charge on any atom is 0.218 e. The molecule has 1 fully saturated rings. The molecule has 0 radical (unpaired) electrons. The van der Waals surface area contributed by atoms with E-state index in [2.05, 4.69) is 0 Å². The first-order valence-electron chi connectivity index (χ1n) is 7.18. The predicted molar refractivity (Wildman–Crippen MR) is 89.5 cm³/mol. The highest BCUT2D eigenvalue weighted by molar-refractivity contribution is 7.88. The molecule has 0 unspecified atom stereocenters. The minimum absolute atomic E-state index is 0.0380. The number of sulfonamides is 1. The Balaban J connectivity index is 2.26. The molecular formula is C15H22N2O2S2. The van der Waals surface area contributed by atoms with Crippen LogP contribution >= 0.6 is 12.2 Å². The third-order valence-corrected chi connectivity index (χ3v) is 5.53. The molecule has 1 aliphatic rings. The molecule has 0 atom stereocenters. The van der Waals surface area contributed by atoms with Crippen molar-refractivity contribution in [1.29, 1.82) is 0 Å². The van der Waals surface area contributed by atoms with Gasteiger partial charge in [0.2, 0.25) is 10.0 Å². The molecule has 1 aromatic carbocycles. The number of hydrogen-bond donors (Lipinski definition) is 1. The fourth-order valence-corrected chi connectivity index (χ4v) is 4.58. The van der Waals surface area contributed by atoms with Crippen LogP contribution in [0.4, 0.5) is 0 Å². The molecule has 2 N–H and O–H groups in total. The molecule has 116 valence electrons. The summed E-state index contributed by atoms with van der Waals surface area (Å²) in [5.41, 5.74) is 7.01. The number of benzene rings is 1. The van der Waals surface area contributed by atoms with Gasteiger partial charge < -0.3 is 5.73 Å². The number of nitrogens with zero attached hydrogens (tertiary/aromatic N) is 1. The van der Waals surface area contributed by atoms with Crippen LogP contribution in [0.1, 0.15) is 37.8 Å². The highest BCUT2D eigenvalue weighted by atomic mass is 32.2. The summed E-state index contributed by atoms with van der Waals surface area (Å²) in [5, 5.41) is 0. The second-order valence-corrected chi connectivity index (χ2v) is 8.33. The highest BCUT2D eigenvalue weighted by Crippen LogP contribution is 2.31. The number of nitrogens with two attached hydrogens (primary N) is 1. The van der Waals surface area contributed by atoms with Gasteiger partial charge in [0.25, 0.3) is 0 Å². The molecule has 1 saturated carbocycles. The zero-order valence-electron chi connectivity index (χ0n) is 12.5. The van der Waals surface area contributed by atoms with Gasteiger partial charge in [-0.1, -0.05) is 50.3 Å². The third-order valence-electron chi connectivity index (χ3n) is 3.48. The normalized spacial score (nSPS) is 15.6. The van der Waals surface area contributed by atoms with Crippen molar-refractivity contribution in [2.45, 2.75) is 38.5 Å². The van der Waals surface area contributed by atoms with Gasteiger partial charge in [0.05, 0.1) is 5.75 Å². The van der Waals surface area contributed by atoms with Gasteiger partial charge in [-0.25, -0.2) is 8.42 Å². The Hall–Kier alpha value is -0.980. The molecule has 0 bridgehead atoms. The van der Waals surface area contributed by atoms with E-state index in [4.69, 9.17) is 18.0 Å². The largest absolute Gasteiger partial charge is 0.389 e. The molecule has 0 saturated heterocycles. The molecule has 4 nitrogen and oxygen atoms in total. The smallest absolute Gasteiger partial charge is 0.218 e. The van der Waals surface area contributed by atoms with Crippen LogP contribution in [0.2, 0.25) is 0 Å². The zero-order chi connectivity index (χ0) is 15.6. The minimum atomic E-state index is -3.35. The van der Waals surface area contributed by atoms with Gasteiger partial charge in [-0.15, -0.1) is 0 Å². The quantitative estimate of drug-likeness (QED) is 0.781. The van der Waals surface area contributed by atoms with Crippen molar-refractivity contribution in [3.63, 3.8) is 0 Å². The van der Waals surface area contributed by atoms with Gasteiger partial charge >= 0.3 is 0 Å². The number of hydrogen-bond acceptors (Lipinski definition) is 3. The second kappa shape index (κ2) is 6.42. The van der Waals surface area contributed by atoms with E-state index in [1.807, 2.05) is 26.0 Å². The molecular weight excluding hydrogens is 304 g/mol. The van der Waals surface area contributed by atoms with E-state index in [9.17, 15) is 8.42 Å². The van der Waals surface area contributed by atoms with Crippen LogP contribution in [0, 0.1) is 5.92 Å². The van der Waals surface area contributed by atoms with E-state index in [-0.39, 0.29) is 16.8 Å². The predicted octanol–water partition coefficient (Wildman–Crippen LogP) is 2.27. The van der Waals surface area contributed by atoms with E-state index in [0.717, 1.165) is 12.8 Å². The molecule has 0 amide bonds. The molecule has 6 heteroatoms. The van der Waals surface area contributed by atoms with Gasteiger partial charge in [0.1, 0.15) is 4.99 Å². The van der Waals surface area contributed by atoms with E-state index < -0.39 is 10.0 Å². The van der Waals surface area contributed by atoms with Crippen LogP contribution in [-0.4, -0.2) is 30.3 Å². The van der Waals surface area contributed by atoms with Gasteiger partial charge in [-0.2, -0.15) is 4.31 Å². The van der Waals surface area contributed by atoms with Gasteiger partial charge in [-0.3, -0.25) is 0 Å². The summed E-state index contributed by atoms with van der Waals surface area (Å²) in [5.74, 6) is 0.273. The Morgan fingerprint density at radius 2 is 2.00 bits per heavy atom. The van der Waals surface area contributed by atoms with E-state index in [1.54, 1.807) is 16.4 Å². The van der Waals surface area contributed by atoms with Crippen LogP contribution in [0.3, 0.4) is 0 Å². The molecule has 0 heterocycles. The standard InChI is InChI=1S/C15H22N2O2S2/c1-11(2)9-17(13-7-8-13)21(18,19)10-12-5-3-4-6-14(12)15(16)20/h3-6,11,13H,7-10H2,1-2H3,(H2,16,20). The Labute approximate surface area is 132 Å². The molecule has 1 aliphatic carbocycles. The lowest BCUT2D eigenvalue weighted by atomic mass is 10.1. The Bertz CT molecular complexity index is 622. The third kappa shape index (κ3) is 4.25. The zero-order valence-corrected chi connectivity index (χ0v) is 14.1. The lowest BCUT2D eigenvalue weighted by Crippen LogP contribution is -2.37. The van der Waals surface area contributed by atoms with Crippen LogP contribution in [0.25, 0.3) is 0 Å². The second-order valence-electron chi connectivity index (χ2n) is 5.97. The monoisotopic (exact) mass is 326 g/mol. The fourth-order valence-electron chi connectivity index (χ4n) is 2.38. The van der Waals surface area contributed by atoms with Crippen LogP contribution in [-0.2, 0) is 15.8 Å². The van der Waals surface area contributed by atoms with Crippen molar-refractivity contribution >= 4 is 27.2 Å². The maximum absolute atomic E-state index is 12.7. The molecule has 21 heavy (non-hydrogen) atoms. The van der Waals surface area contributed by atoms with Gasteiger partial charge in [0.15, 0.2) is 0 Å². The Kier molecular flexibility index (Phi) is 5.01. The average Bonchev–Trinajstić information content (AvgIpc) is 3.19. The summed E-state index contributed by atoms with van der Waals surface area (Å²) in [7, 11) is -3.35. The summed E-state index contributed by atoms with van der Waals surface area (Å²) in [6, 6.07) is 7.37. The SMILES string of the molecule is CC(C)CN(C1CC1)S(=O)(=O)Cc1ccccc1C(N)=S. The molecule has 2 rings (SSSR count). The first-order chi connectivity index (χ1) is 9.81.